The van der Waals surface area contributed by atoms with Gasteiger partial charge in [-0.15, -0.1) is 12.4 Å². The van der Waals surface area contributed by atoms with E-state index in [1.807, 2.05) is 12.1 Å². The Balaban J connectivity index is 0.00000208. The minimum atomic E-state index is -0.0242. The molecule has 1 N–H and O–H groups in total. The fourth-order valence-electron chi connectivity index (χ4n) is 2.74. The number of nitrogens with zero attached hydrogens (tertiary/aromatic N) is 1. The van der Waals surface area contributed by atoms with Gasteiger partial charge in [0.05, 0.1) is 19.8 Å². The third-order valence-electron chi connectivity index (χ3n) is 3.94. The van der Waals surface area contributed by atoms with Crippen molar-refractivity contribution in [3.8, 4) is 0 Å². The molecule has 5 heteroatoms. The topological polar surface area (TPSA) is 33.7 Å². The number of benzene rings is 2. The fourth-order valence-corrected chi connectivity index (χ4v) is 2.74. The number of nitrogens with one attached hydrogen (secondary N) is 1. The van der Waals surface area contributed by atoms with E-state index < -0.39 is 0 Å². The quantitative estimate of drug-likeness (QED) is 0.780. The van der Waals surface area contributed by atoms with Crippen LogP contribution in [0.4, 0.5) is 0 Å². The Hall–Kier alpha value is -1.43. The molecule has 0 aliphatic carbocycles. The SMILES string of the molecule is Cl.c1ccc(C(OCCNN2CCOCC2)c2ccccc2)cc1. The molecule has 3 rings (SSSR count). The zero-order valence-corrected chi connectivity index (χ0v) is 14.6. The van der Waals surface area contributed by atoms with Crippen LogP contribution in [0.15, 0.2) is 60.7 Å². The van der Waals surface area contributed by atoms with E-state index in [0.29, 0.717) is 6.61 Å². The summed E-state index contributed by atoms with van der Waals surface area (Å²) in [6, 6.07) is 20.8. The molecule has 130 valence electrons. The van der Waals surface area contributed by atoms with Crippen LogP contribution < -0.4 is 5.43 Å². The summed E-state index contributed by atoms with van der Waals surface area (Å²) >= 11 is 0. The molecule has 1 aliphatic heterocycles. The summed E-state index contributed by atoms with van der Waals surface area (Å²) in [4.78, 5) is 0. The van der Waals surface area contributed by atoms with Crippen molar-refractivity contribution in [2.45, 2.75) is 6.10 Å². The highest BCUT2D eigenvalue weighted by Crippen LogP contribution is 2.25. The van der Waals surface area contributed by atoms with Crippen LogP contribution in [0, 0.1) is 0 Å². The maximum absolute atomic E-state index is 6.18. The highest BCUT2D eigenvalue weighted by Gasteiger charge is 2.14. The first-order chi connectivity index (χ1) is 11.4. The number of hydrazine groups is 1. The van der Waals surface area contributed by atoms with E-state index >= 15 is 0 Å². The lowest BCUT2D eigenvalue weighted by Crippen LogP contribution is -2.46. The molecular weight excluding hydrogens is 324 g/mol. The van der Waals surface area contributed by atoms with Crippen LogP contribution >= 0.6 is 12.4 Å². The number of rotatable bonds is 7. The predicted octanol–water partition coefficient (Wildman–Crippen LogP) is 3.05. The average molecular weight is 349 g/mol. The number of halogens is 1. The summed E-state index contributed by atoms with van der Waals surface area (Å²) in [6.07, 6.45) is -0.0242. The predicted molar refractivity (Wildman–Crippen MR) is 98.3 cm³/mol. The lowest BCUT2D eigenvalue weighted by Gasteiger charge is -2.27. The van der Waals surface area contributed by atoms with Crippen LogP contribution in [0.5, 0.6) is 0 Å². The van der Waals surface area contributed by atoms with Gasteiger partial charge in [0, 0.05) is 19.6 Å². The second-order valence-electron chi connectivity index (χ2n) is 5.58. The number of morpholine rings is 1. The molecule has 24 heavy (non-hydrogen) atoms. The summed E-state index contributed by atoms with van der Waals surface area (Å²) in [6.45, 7) is 4.92. The molecule has 1 heterocycles. The van der Waals surface area contributed by atoms with Crippen LogP contribution in [0.1, 0.15) is 17.2 Å². The number of ether oxygens (including phenoxy) is 2. The van der Waals surface area contributed by atoms with Gasteiger partial charge < -0.3 is 9.47 Å². The summed E-state index contributed by atoms with van der Waals surface area (Å²) in [5.74, 6) is 0. The van der Waals surface area contributed by atoms with E-state index in [0.717, 1.165) is 32.8 Å². The highest BCUT2D eigenvalue weighted by molar-refractivity contribution is 5.85. The monoisotopic (exact) mass is 348 g/mol. The lowest BCUT2D eigenvalue weighted by atomic mass is 10.0. The summed E-state index contributed by atoms with van der Waals surface area (Å²) in [7, 11) is 0. The summed E-state index contributed by atoms with van der Waals surface area (Å²) in [5, 5.41) is 2.20. The lowest BCUT2D eigenvalue weighted by molar-refractivity contribution is 0.00180. The normalized spacial score (nSPS) is 15.2. The van der Waals surface area contributed by atoms with Crippen molar-refractivity contribution in [2.75, 3.05) is 39.5 Å². The van der Waals surface area contributed by atoms with Crippen molar-refractivity contribution in [3.63, 3.8) is 0 Å². The molecule has 0 spiro atoms. The van der Waals surface area contributed by atoms with Gasteiger partial charge >= 0.3 is 0 Å². The molecule has 0 aromatic heterocycles. The van der Waals surface area contributed by atoms with Crippen molar-refractivity contribution < 1.29 is 9.47 Å². The van der Waals surface area contributed by atoms with Crippen molar-refractivity contribution >= 4 is 12.4 Å². The van der Waals surface area contributed by atoms with Crippen LogP contribution in [-0.2, 0) is 9.47 Å². The Bertz CT molecular complexity index is 523. The van der Waals surface area contributed by atoms with Crippen molar-refractivity contribution in [3.05, 3.63) is 71.8 Å². The third kappa shape index (κ3) is 5.58. The van der Waals surface area contributed by atoms with Gasteiger partial charge in [-0.25, -0.2) is 5.01 Å². The molecule has 0 saturated carbocycles. The molecule has 0 amide bonds. The minimum absolute atomic E-state index is 0. The minimum Gasteiger partial charge on any atom is -0.379 e. The molecular formula is C19H25ClN2O2. The standard InChI is InChI=1S/C19H24N2O2.ClH/c1-3-7-17(8-4-1)19(18-9-5-2-6-10-18)23-14-11-20-21-12-15-22-16-13-21;/h1-10,19-20H,11-16H2;1H. The van der Waals surface area contributed by atoms with Crippen molar-refractivity contribution in [1.29, 1.82) is 0 Å². The van der Waals surface area contributed by atoms with Gasteiger partial charge in [0.15, 0.2) is 0 Å². The third-order valence-corrected chi connectivity index (χ3v) is 3.94. The Labute approximate surface area is 150 Å². The largest absolute Gasteiger partial charge is 0.379 e. The van der Waals surface area contributed by atoms with Gasteiger partial charge in [-0.1, -0.05) is 60.7 Å². The van der Waals surface area contributed by atoms with E-state index in [2.05, 4.69) is 59.0 Å². The molecule has 0 radical (unpaired) electrons. The molecule has 4 nitrogen and oxygen atoms in total. The first-order valence-corrected chi connectivity index (χ1v) is 8.21. The molecule has 1 aliphatic rings. The van der Waals surface area contributed by atoms with Crippen LogP contribution in [0.25, 0.3) is 0 Å². The summed E-state index contributed by atoms with van der Waals surface area (Å²) in [5.41, 5.74) is 5.78. The molecule has 0 atom stereocenters. The highest BCUT2D eigenvalue weighted by atomic mass is 35.5. The Kier molecular flexibility index (Phi) is 8.22. The van der Waals surface area contributed by atoms with E-state index in [1.165, 1.54) is 11.1 Å². The van der Waals surface area contributed by atoms with Gasteiger partial charge in [-0.3, -0.25) is 5.43 Å². The second-order valence-corrected chi connectivity index (χ2v) is 5.58. The maximum atomic E-state index is 6.18. The average Bonchev–Trinajstić information content (AvgIpc) is 2.64. The number of hydrogen-bond acceptors (Lipinski definition) is 4. The molecule has 2 aromatic carbocycles. The second kappa shape index (κ2) is 10.4. The van der Waals surface area contributed by atoms with Crippen LogP contribution in [-0.4, -0.2) is 44.5 Å². The van der Waals surface area contributed by atoms with E-state index in [1.54, 1.807) is 0 Å². The molecule has 1 saturated heterocycles. The zero-order chi connectivity index (χ0) is 15.7. The van der Waals surface area contributed by atoms with Gasteiger partial charge in [0.2, 0.25) is 0 Å². The summed E-state index contributed by atoms with van der Waals surface area (Å²) < 4.78 is 11.5. The van der Waals surface area contributed by atoms with Gasteiger partial charge in [0.25, 0.3) is 0 Å². The Morgan fingerprint density at radius 2 is 1.46 bits per heavy atom. The Morgan fingerprint density at radius 1 is 0.917 bits per heavy atom. The van der Waals surface area contributed by atoms with E-state index in [9.17, 15) is 0 Å². The van der Waals surface area contributed by atoms with Crippen molar-refractivity contribution in [2.24, 2.45) is 0 Å². The van der Waals surface area contributed by atoms with Crippen LogP contribution in [0.3, 0.4) is 0 Å². The Morgan fingerprint density at radius 3 is 2.00 bits per heavy atom. The van der Waals surface area contributed by atoms with Crippen molar-refractivity contribution in [1.82, 2.24) is 10.4 Å². The van der Waals surface area contributed by atoms with Crippen LogP contribution in [0.2, 0.25) is 0 Å². The van der Waals surface area contributed by atoms with Gasteiger partial charge in [-0.2, -0.15) is 0 Å². The molecule has 0 unspecified atom stereocenters. The van der Waals surface area contributed by atoms with Gasteiger partial charge in [0.1, 0.15) is 6.10 Å². The van der Waals surface area contributed by atoms with E-state index in [4.69, 9.17) is 9.47 Å². The maximum Gasteiger partial charge on any atom is 0.108 e. The molecule has 1 fully saturated rings. The smallest absolute Gasteiger partial charge is 0.108 e. The van der Waals surface area contributed by atoms with Gasteiger partial charge in [-0.05, 0) is 11.1 Å². The first-order valence-electron chi connectivity index (χ1n) is 8.21. The first kappa shape index (κ1) is 18.9. The molecule has 0 bridgehead atoms. The fraction of sp³-hybridized carbons (Fsp3) is 0.368. The molecule has 2 aromatic rings. The van der Waals surface area contributed by atoms with E-state index in [-0.39, 0.29) is 18.5 Å². The zero-order valence-electron chi connectivity index (χ0n) is 13.8. The number of hydrogen-bond donors (Lipinski definition) is 1.